The number of nitrogens with two attached hydrogens (primary N) is 2. The van der Waals surface area contributed by atoms with Crippen LogP contribution in [0, 0.1) is 11.8 Å². The van der Waals surface area contributed by atoms with Crippen molar-refractivity contribution in [2.24, 2.45) is 33.3 Å². The van der Waals surface area contributed by atoms with E-state index in [9.17, 15) is 0 Å². The molecule has 4 N–H and O–H groups in total. The highest BCUT2D eigenvalue weighted by Gasteiger charge is 2.28. The SMILES string of the molecule is NCCCC/N=C(/C(=N/CN)C1CCCCC1)C1CCCCC1. The van der Waals surface area contributed by atoms with Gasteiger partial charge in [-0.25, -0.2) is 0 Å². The quantitative estimate of drug-likeness (QED) is 0.528. The molecule has 0 radical (unpaired) electrons. The van der Waals surface area contributed by atoms with Crippen LogP contribution in [0.5, 0.6) is 0 Å². The van der Waals surface area contributed by atoms with Crippen LogP contribution < -0.4 is 11.5 Å². The van der Waals surface area contributed by atoms with Gasteiger partial charge in [0.15, 0.2) is 0 Å². The van der Waals surface area contributed by atoms with Crippen molar-refractivity contribution in [3.8, 4) is 0 Å². The minimum atomic E-state index is 0.403. The number of aliphatic imine (C=N–C) groups is 2. The fraction of sp³-hybridized carbons (Fsp3) is 0.895. The van der Waals surface area contributed by atoms with Crippen LogP contribution in [0.15, 0.2) is 9.98 Å². The predicted molar refractivity (Wildman–Crippen MR) is 100 cm³/mol. The molecule has 2 aliphatic carbocycles. The third-order valence-electron chi connectivity index (χ3n) is 5.40. The lowest BCUT2D eigenvalue weighted by Gasteiger charge is -2.30. The van der Waals surface area contributed by atoms with Crippen molar-refractivity contribution >= 4 is 11.4 Å². The molecule has 0 aromatic rings. The maximum Gasteiger partial charge on any atom is 0.0863 e. The van der Waals surface area contributed by atoms with Crippen molar-refractivity contribution in [2.75, 3.05) is 19.8 Å². The highest BCUT2D eigenvalue weighted by atomic mass is 14.9. The standard InChI is InChI=1S/C19H36N4/c20-13-7-8-14-22-18(16-9-3-1-4-10-16)19(23-15-21)17-11-5-2-6-12-17/h16-17H,1-15,20-21H2/b22-18+,23-19+. The Labute approximate surface area is 142 Å². The summed E-state index contributed by atoms with van der Waals surface area (Å²) in [6.07, 6.45) is 15.4. The van der Waals surface area contributed by atoms with E-state index >= 15 is 0 Å². The first-order chi connectivity index (χ1) is 11.4. The smallest absolute Gasteiger partial charge is 0.0863 e. The molecule has 0 saturated heterocycles. The summed E-state index contributed by atoms with van der Waals surface area (Å²) in [6.45, 7) is 2.07. The van der Waals surface area contributed by atoms with Gasteiger partial charge in [0.25, 0.3) is 0 Å². The largest absolute Gasteiger partial charge is 0.330 e. The molecule has 0 aromatic carbocycles. The van der Waals surface area contributed by atoms with E-state index in [4.69, 9.17) is 21.5 Å². The first-order valence-electron chi connectivity index (χ1n) is 9.86. The van der Waals surface area contributed by atoms with Gasteiger partial charge in [-0.15, -0.1) is 0 Å². The lowest BCUT2D eigenvalue weighted by Crippen LogP contribution is -2.33. The summed E-state index contributed by atoms with van der Waals surface area (Å²) in [7, 11) is 0. The molecule has 0 aliphatic heterocycles. The lowest BCUT2D eigenvalue weighted by atomic mass is 9.77. The van der Waals surface area contributed by atoms with Gasteiger partial charge in [0.1, 0.15) is 0 Å². The van der Waals surface area contributed by atoms with Crippen LogP contribution in [0.2, 0.25) is 0 Å². The Bertz CT molecular complexity index is 377. The Morgan fingerprint density at radius 3 is 1.70 bits per heavy atom. The predicted octanol–water partition coefficient (Wildman–Crippen LogP) is 3.68. The van der Waals surface area contributed by atoms with Crippen molar-refractivity contribution in [3.05, 3.63) is 0 Å². The van der Waals surface area contributed by atoms with E-state index < -0.39 is 0 Å². The minimum Gasteiger partial charge on any atom is -0.330 e. The normalized spacial score (nSPS) is 22.5. The van der Waals surface area contributed by atoms with Crippen molar-refractivity contribution in [1.82, 2.24) is 0 Å². The summed E-state index contributed by atoms with van der Waals surface area (Å²) in [6, 6.07) is 0. The van der Waals surface area contributed by atoms with Gasteiger partial charge < -0.3 is 11.5 Å². The molecule has 0 amide bonds. The summed E-state index contributed by atoms with van der Waals surface area (Å²) < 4.78 is 0. The first-order valence-corrected chi connectivity index (χ1v) is 9.86. The Hall–Kier alpha value is -0.740. The van der Waals surface area contributed by atoms with Gasteiger partial charge in [-0.1, -0.05) is 38.5 Å². The Morgan fingerprint density at radius 2 is 1.22 bits per heavy atom. The molecule has 0 spiro atoms. The maximum absolute atomic E-state index is 5.82. The van der Waals surface area contributed by atoms with Crippen molar-refractivity contribution in [2.45, 2.75) is 77.0 Å². The minimum absolute atomic E-state index is 0.403. The molecule has 2 rings (SSSR count). The molecule has 4 nitrogen and oxygen atoms in total. The van der Waals surface area contributed by atoms with Gasteiger partial charge in [0, 0.05) is 18.4 Å². The third-order valence-corrected chi connectivity index (χ3v) is 5.40. The molecule has 2 fully saturated rings. The molecule has 132 valence electrons. The average Bonchev–Trinajstić information content (AvgIpc) is 2.62. The van der Waals surface area contributed by atoms with Crippen LogP contribution in [0.3, 0.4) is 0 Å². The molecule has 0 bridgehead atoms. The van der Waals surface area contributed by atoms with E-state index in [1.54, 1.807) is 0 Å². The van der Waals surface area contributed by atoms with E-state index in [1.165, 1.54) is 75.6 Å². The maximum atomic E-state index is 5.82. The molecule has 0 atom stereocenters. The molecule has 2 aliphatic rings. The summed E-state index contributed by atoms with van der Waals surface area (Å²) in [5.74, 6) is 1.22. The Kier molecular flexibility index (Phi) is 8.83. The van der Waals surface area contributed by atoms with E-state index in [1.807, 2.05) is 0 Å². The van der Waals surface area contributed by atoms with Crippen LogP contribution in [-0.2, 0) is 0 Å². The highest BCUT2D eigenvalue weighted by Crippen LogP contribution is 2.31. The second-order valence-electron chi connectivity index (χ2n) is 7.16. The van der Waals surface area contributed by atoms with Crippen LogP contribution in [0.25, 0.3) is 0 Å². The molecule has 0 unspecified atom stereocenters. The van der Waals surface area contributed by atoms with Gasteiger partial charge in [-0.2, -0.15) is 0 Å². The van der Waals surface area contributed by atoms with Gasteiger partial charge in [-0.05, 0) is 45.1 Å². The number of unbranched alkanes of at least 4 members (excludes halogenated alkanes) is 1. The fourth-order valence-electron chi connectivity index (χ4n) is 4.14. The third kappa shape index (κ3) is 6.00. The van der Waals surface area contributed by atoms with Gasteiger partial charge in [-0.3, -0.25) is 9.98 Å². The van der Waals surface area contributed by atoms with Crippen LogP contribution >= 0.6 is 0 Å². The monoisotopic (exact) mass is 320 g/mol. The molecular formula is C19H36N4. The van der Waals surface area contributed by atoms with E-state index in [2.05, 4.69) is 0 Å². The second kappa shape index (κ2) is 10.9. The molecule has 4 heteroatoms. The van der Waals surface area contributed by atoms with Crippen molar-refractivity contribution in [1.29, 1.82) is 0 Å². The van der Waals surface area contributed by atoms with Gasteiger partial charge in [0.05, 0.1) is 18.1 Å². The highest BCUT2D eigenvalue weighted by molar-refractivity contribution is 6.43. The summed E-state index contributed by atoms with van der Waals surface area (Å²) in [4.78, 5) is 9.82. The number of nitrogens with zero attached hydrogens (tertiary/aromatic N) is 2. The molecule has 23 heavy (non-hydrogen) atoms. The molecular weight excluding hydrogens is 284 g/mol. The van der Waals surface area contributed by atoms with Crippen molar-refractivity contribution in [3.63, 3.8) is 0 Å². The average molecular weight is 321 g/mol. The summed E-state index contributed by atoms with van der Waals surface area (Å²) in [5, 5.41) is 0. The zero-order valence-electron chi connectivity index (χ0n) is 14.8. The van der Waals surface area contributed by atoms with E-state index in [0.29, 0.717) is 18.5 Å². The van der Waals surface area contributed by atoms with E-state index in [-0.39, 0.29) is 0 Å². The Balaban J connectivity index is 2.14. The summed E-state index contributed by atoms with van der Waals surface area (Å²) in [5.41, 5.74) is 14.0. The molecule has 0 aromatic heterocycles. The fourth-order valence-corrected chi connectivity index (χ4v) is 4.14. The second-order valence-corrected chi connectivity index (χ2v) is 7.16. The van der Waals surface area contributed by atoms with Gasteiger partial charge >= 0.3 is 0 Å². The topological polar surface area (TPSA) is 76.8 Å². The Morgan fingerprint density at radius 1 is 0.696 bits per heavy atom. The van der Waals surface area contributed by atoms with E-state index in [0.717, 1.165) is 25.9 Å². The van der Waals surface area contributed by atoms with Crippen LogP contribution in [0.1, 0.15) is 77.0 Å². The van der Waals surface area contributed by atoms with Crippen molar-refractivity contribution < 1.29 is 0 Å². The molecule has 2 saturated carbocycles. The van der Waals surface area contributed by atoms with Crippen LogP contribution in [-0.4, -0.2) is 31.2 Å². The number of hydrogen-bond donors (Lipinski definition) is 2. The number of hydrogen-bond acceptors (Lipinski definition) is 4. The van der Waals surface area contributed by atoms with Crippen LogP contribution in [0.4, 0.5) is 0 Å². The molecule has 0 heterocycles. The zero-order chi connectivity index (χ0) is 16.3. The lowest BCUT2D eigenvalue weighted by molar-refractivity contribution is 0.427. The van der Waals surface area contributed by atoms with Gasteiger partial charge in [0.2, 0.25) is 0 Å². The summed E-state index contributed by atoms with van der Waals surface area (Å²) >= 11 is 0. The number of rotatable bonds is 8. The zero-order valence-corrected chi connectivity index (χ0v) is 14.8. The first kappa shape index (κ1) is 18.6.